The van der Waals surface area contributed by atoms with Crippen LogP contribution in [-0.4, -0.2) is 4.57 Å². The van der Waals surface area contributed by atoms with Gasteiger partial charge in [0.25, 0.3) is 0 Å². The zero-order chi connectivity index (χ0) is 39.4. The van der Waals surface area contributed by atoms with E-state index in [1.165, 1.54) is 0 Å². The average Bonchev–Trinajstić information content (AvgIpc) is 3.41. The molecule has 0 fully saturated rings. The highest BCUT2D eigenvalue weighted by Crippen LogP contribution is 2.47. The molecule has 6 aromatic rings. The second kappa shape index (κ2) is 10.5. The van der Waals surface area contributed by atoms with Crippen molar-refractivity contribution in [3.63, 3.8) is 0 Å². The van der Waals surface area contributed by atoms with Gasteiger partial charge in [0.15, 0.2) is 0 Å². The molecular weight excluding hydrogens is 530 g/mol. The number of hydrogen-bond donors (Lipinski definition) is 0. The van der Waals surface area contributed by atoms with Crippen LogP contribution in [0.4, 0.5) is 0 Å². The van der Waals surface area contributed by atoms with Crippen molar-refractivity contribution in [2.24, 2.45) is 0 Å². The third-order valence-electron chi connectivity index (χ3n) is 8.40. The fraction of sp³-hybridized carbons (Fsp3) is 0.302. The normalized spacial score (nSPS) is 15.6. The third-order valence-corrected chi connectivity index (χ3v) is 8.40. The van der Waals surface area contributed by atoms with Crippen molar-refractivity contribution >= 4 is 21.8 Å². The van der Waals surface area contributed by atoms with Crippen LogP contribution in [0.5, 0.6) is 0 Å². The smallest absolute Gasteiger partial charge is 0.0632 e. The summed E-state index contributed by atoms with van der Waals surface area (Å²) in [5.74, 6) is 0. The molecule has 0 radical (unpaired) electrons. The summed E-state index contributed by atoms with van der Waals surface area (Å²) >= 11 is 0. The van der Waals surface area contributed by atoms with Crippen molar-refractivity contribution in [3.05, 3.63) is 125 Å². The molecule has 0 unspecified atom stereocenters. The summed E-state index contributed by atoms with van der Waals surface area (Å²) in [6.07, 6.45) is 0. The summed E-state index contributed by atoms with van der Waals surface area (Å²) in [5, 5.41) is 1.45. The van der Waals surface area contributed by atoms with Gasteiger partial charge in [-0.2, -0.15) is 0 Å². The molecule has 0 saturated carbocycles. The minimum atomic E-state index is -0.612. The Morgan fingerprint density at radius 2 is 1.18 bits per heavy atom. The van der Waals surface area contributed by atoms with Crippen LogP contribution in [0.3, 0.4) is 0 Å². The van der Waals surface area contributed by atoms with Gasteiger partial charge in [-0.3, -0.25) is 0 Å². The van der Waals surface area contributed by atoms with Gasteiger partial charge < -0.3 is 4.57 Å². The molecule has 0 bridgehead atoms. The Morgan fingerprint density at radius 1 is 0.568 bits per heavy atom. The molecule has 1 heterocycles. The number of nitrogens with zero attached hydrogens (tertiary/aromatic N) is 1. The third kappa shape index (κ3) is 5.28. The lowest BCUT2D eigenvalue weighted by atomic mass is 9.78. The molecule has 224 valence electrons. The van der Waals surface area contributed by atoms with E-state index in [4.69, 9.17) is 12.3 Å². The highest BCUT2D eigenvalue weighted by atomic mass is 15.0. The van der Waals surface area contributed by atoms with Gasteiger partial charge >= 0.3 is 0 Å². The molecule has 44 heavy (non-hydrogen) atoms. The zero-order valence-electron chi connectivity index (χ0n) is 36.6. The molecule has 1 aromatic heterocycles. The van der Waals surface area contributed by atoms with E-state index in [9.17, 15) is 0 Å². The quantitative estimate of drug-likeness (QED) is 0.194. The Labute approximate surface area is 277 Å². The van der Waals surface area contributed by atoms with Crippen LogP contribution in [0.25, 0.3) is 49.7 Å². The summed E-state index contributed by atoms with van der Waals surface area (Å²) in [5.41, 5.74) is 6.36. The van der Waals surface area contributed by atoms with Gasteiger partial charge in [0.05, 0.1) is 23.4 Å². The summed E-state index contributed by atoms with van der Waals surface area (Å²) < 4.78 is 81.0. The lowest BCUT2D eigenvalue weighted by Crippen LogP contribution is -2.17. The molecule has 0 atom stereocenters. The fourth-order valence-electron chi connectivity index (χ4n) is 6.19. The second-order valence-corrected chi connectivity index (χ2v) is 14.9. The number of hydrogen-bond acceptors (Lipinski definition) is 0. The van der Waals surface area contributed by atoms with Crippen molar-refractivity contribution in [3.8, 4) is 27.9 Å². The highest BCUT2D eigenvalue weighted by Gasteiger charge is 2.28. The molecule has 5 aromatic carbocycles. The first-order chi connectivity index (χ1) is 24.4. The number of aromatic nitrogens is 1. The van der Waals surface area contributed by atoms with Crippen molar-refractivity contribution in [1.29, 1.82) is 0 Å². The van der Waals surface area contributed by atoms with E-state index in [-0.39, 0.29) is 58.2 Å². The first-order valence-corrected chi connectivity index (χ1v) is 15.3. The van der Waals surface area contributed by atoms with Gasteiger partial charge in [-0.15, -0.1) is 0 Å². The second-order valence-electron chi connectivity index (χ2n) is 14.9. The molecule has 0 spiro atoms. The minimum Gasteiger partial charge on any atom is -0.309 e. The predicted octanol–water partition coefficient (Wildman–Crippen LogP) is 12.3. The first kappa shape index (κ1) is 20.8. The van der Waals surface area contributed by atoms with Crippen LogP contribution in [0.1, 0.15) is 96.9 Å². The van der Waals surface area contributed by atoms with Crippen LogP contribution < -0.4 is 0 Å². The van der Waals surface area contributed by atoms with E-state index in [0.29, 0.717) is 22.1 Å². The fourth-order valence-corrected chi connectivity index (χ4v) is 6.19. The summed E-state index contributed by atoms with van der Waals surface area (Å²) in [7, 11) is 0. The SMILES string of the molecule is [2H]c1c([2H])c([2H])c(-c2cccc3c2c2c(C(C)(C)C)c(-c4c([2H])c([2H])c([2H])c(C)c4[2H])ccc2n3-c2cc(C(C)(C)C)cc(C(C)(C)C)c2)c([2H])c1[2H]. The van der Waals surface area contributed by atoms with Crippen LogP contribution >= 0.6 is 0 Å². The Balaban J connectivity index is 1.95. The first-order valence-electron chi connectivity index (χ1n) is 19.8. The van der Waals surface area contributed by atoms with Crippen LogP contribution in [0.2, 0.25) is 0 Å². The number of rotatable bonds is 3. The van der Waals surface area contributed by atoms with Crippen molar-refractivity contribution in [2.45, 2.75) is 85.5 Å². The Bertz CT molecular complexity index is 2410. The van der Waals surface area contributed by atoms with E-state index in [1.54, 1.807) is 13.0 Å². The Kier molecular flexibility index (Phi) is 4.97. The van der Waals surface area contributed by atoms with Gasteiger partial charge in [0, 0.05) is 16.5 Å². The molecule has 0 aliphatic carbocycles. The monoisotopic (exact) mass is 586 g/mol. The van der Waals surface area contributed by atoms with Gasteiger partial charge in [-0.05, 0) is 86.4 Å². The lowest BCUT2D eigenvalue weighted by Gasteiger charge is -2.27. The summed E-state index contributed by atoms with van der Waals surface area (Å²) in [4.78, 5) is 0. The predicted molar refractivity (Wildman–Crippen MR) is 192 cm³/mol. The van der Waals surface area contributed by atoms with Crippen LogP contribution in [0.15, 0.2) is 103 Å². The summed E-state index contributed by atoms with van der Waals surface area (Å²) in [6, 6.07) is 13.7. The van der Waals surface area contributed by atoms with E-state index >= 15 is 0 Å². The maximum absolute atomic E-state index is 9.15. The van der Waals surface area contributed by atoms with E-state index in [2.05, 4.69) is 85.1 Å². The summed E-state index contributed by atoms with van der Waals surface area (Å²) in [6.45, 7) is 20.9. The molecular formula is C43H47N. The standard InChI is InChI=1S/C43H47N/c1-28-16-14-19-30(24-28)35-22-23-37-39(40(35)43(8,9)10)38-34(29-17-12-11-13-18-29)20-15-21-36(38)44(37)33-26-31(41(2,3)4)25-32(27-33)42(5,6)7/h11-27H,1-10H3/i11D,12D,13D,14D,16D,17D,18D,19D,24D. The van der Waals surface area contributed by atoms with E-state index in [0.717, 1.165) is 38.8 Å². The van der Waals surface area contributed by atoms with Gasteiger partial charge in [0.1, 0.15) is 0 Å². The molecule has 0 N–H and O–H groups in total. The molecule has 6 rings (SSSR count). The van der Waals surface area contributed by atoms with Gasteiger partial charge in [-0.25, -0.2) is 0 Å². The molecule has 0 aliphatic heterocycles. The number of fused-ring (bicyclic) bond motifs is 3. The lowest BCUT2D eigenvalue weighted by molar-refractivity contribution is 0.568. The topological polar surface area (TPSA) is 4.93 Å². The van der Waals surface area contributed by atoms with Crippen molar-refractivity contribution in [1.82, 2.24) is 4.57 Å². The minimum absolute atomic E-state index is 0.0168. The molecule has 0 aliphatic rings. The molecule has 0 saturated heterocycles. The van der Waals surface area contributed by atoms with Crippen molar-refractivity contribution in [2.75, 3.05) is 0 Å². The largest absolute Gasteiger partial charge is 0.309 e. The van der Waals surface area contributed by atoms with E-state index < -0.39 is 23.5 Å². The molecule has 1 heteroatoms. The van der Waals surface area contributed by atoms with Gasteiger partial charge in [-0.1, -0.05) is 147 Å². The molecule has 0 amide bonds. The Morgan fingerprint density at radius 3 is 1.80 bits per heavy atom. The van der Waals surface area contributed by atoms with Gasteiger partial charge in [0.2, 0.25) is 0 Å². The Hall–Kier alpha value is -4.10. The maximum atomic E-state index is 9.15. The molecule has 1 nitrogen and oxygen atoms in total. The van der Waals surface area contributed by atoms with Crippen molar-refractivity contribution < 1.29 is 12.3 Å². The van der Waals surface area contributed by atoms with E-state index in [1.807, 2.05) is 24.3 Å². The maximum Gasteiger partial charge on any atom is 0.0632 e. The average molecular weight is 587 g/mol. The number of benzene rings is 5. The highest BCUT2D eigenvalue weighted by molar-refractivity contribution is 6.18. The van der Waals surface area contributed by atoms with Crippen LogP contribution in [0, 0.1) is 6.92 Å². The van der Waals surface area contributed by atoms with Crippen LogP contribution in [-0.2, 0) is 16.2 Å². The zero-order valence-corrected chi connectivity index (χ0v) is 27.6.